The van der Waals surface area contributed by atoms with E-state index in [1.807, 2.05) is 0 Å². The Morgan fingerprint density at radius 3 is 2.38 bits per heavy atom. The maximum absolute atomic E-state index is 2.53. The van der Waals surface area contributed by atoms with Crippen molar-refractivity contribution < 1.29 is 0 Å². The van der Waals surface area contributed by atoms with Gasteiger partial charge < -0.3 is 4.90 Å². The molecule has 0 saturated carbocycles. The van der Waals surface area contributed by atoms with Gasteiger partial charge in [-0.1, -0.05) is 36.4 Å². The molecule has 1 fully saturated rings. The van der Waals surface area contributed by atoms with E-state index in [4.69, 9.17) is 0 Å². The summed E-state index contributed by atoms with van der Waals surface area (Å²) in [6, 6.07) is 16.6. The molecule has 2 atom stereocenters. The predicted octanol–water partition coefficient (Wildman–Crippen LogP) is 3.83. The van der Waals surface area contributed by atoms with Crippen LogP contribution in [-0.2, 0) is 0 Å². The van der Waals surface area contributed by atoms with E-state index in [2.05, 4.69) is 61.2 Å². The van der Waals surface area contributed by atoms with Gasteiger partial charge in [-0.25, -0.2) is 0 Å². The Morgan fingerprint density at radius 2 is 1.62 bits per heavy atom. The van der Waals surface area contributed by atoms with Crippen molar-refractivity contribution in [3.63, 3.8) is 0 Å². The highest BCUT2D eigenvalue weighted by molar-refractivity contribution is 5.94. The number of anilines is 1. The van der Waals surface area contributed by atoms with E-state index >= 15 is 0 Å². The average molecular weight is 211 g/mol. The first-order chi connectivity index (χ1) is 7.77. The van der Waals surface area contributed by atoms with E-state index < -0.39 is 0 Å². The largest absolute Gasteiger partial charge is 0.365 e. The van der Waals surface area contributed by atoms with Crippen LogP contribution in [0.4, 0.5) is 5.69 Å². The molecule has 0 aromatic heterocycles. The quantitative estimate of drug-likeness (QED) is 0.693. The van der Waals surface area contributed by atoms with Crippen LogP contribution in [0.25, 0.3) is 10.8 Å². The van der Waals surface area contributed by atoms with E-state index in [1.165, 1.54) is 22.9 Å². The molecular weight excluding hydrogens is 194 g/mol. The van der Waals surface area contributed by atoms with Crippen LogP contribution in [0, 0.1) is 0 Å². The Hall–Kier alpha value is -1.50. The molecule has 1 nitrogen and oxygen atoms in total. The van der Waals surface area contributed by atoms with Crippen LogP contribution in [0.5, 0.6) is 0 Å². The van der Waals surface area contributed by atoms with Gasteiger partial charge in [0.15, 0.2) is 0 Å². The highest BCUT2D eigenvalue weighted by Crippen LogP contribution is 2.36. The molecule has 1 aliphatic rings. The third-order valence-corrected chi connectivity index (χ3v) is 3.68. The molecular formula is C15H17N. The molecule has 2 aromatic carbocycles. The van der Waals surface area contributed by atoms with Gasteiger partial charge in [0.2, 0.25) is 0 Å². The SMILES string of the molecule is C[C@@H]1C[C@@H](C)N1c1cccc2ccccc12. The van der Waals surface area contributed by atoms with Crippen LogP contribution < -0.4 is 4.90 Å². The standard InChI is InChI=1S/C15H17N/c1-11-10-12(2)16(11)15-9-5-7-13-6-3-4-8-14(13)15/h3-9,11-12H,10H2,1-2H3/t11-,12-/m1/s1. The maximum Gasteiger partial charge on any atom is 0.0450 e. The molecule has 0 amide bonds. The number of hydrogen-bond acceptors (Lipinski definition) is 1. The van der Waals surface area contributed by atoms with E-state index in [1.54, 1.807) is 0 Å². The smallest absolute Gasteiger partial charge is 0.0450 e. The molecule has 1 aliphatic heterocycles. The molecule has 1 heteroatoms. The summed E-state index contributed by atoms with van der Waals surface area (Å²) < 4.78 is 0. The summed E-state index contributed by atoms with van der Waals surface area (Å²) in [6.07, 6.45) is 1.31. The van der Waals surface area contributed by atoms with Gasteiger partial charge in [0.25, 0.3) is 0 Å². The zero-order valence-electron chi connectivity index (χ0n) is 9.85. The lowest BCUT2D eigenvalue weighted by Gasteiger charge is -2.47. The molecule has 0 unspecified atom stereocenters. The van der Waals surface area contributed by atoms with Crippen molar-refractivity contribution in [3.8, 4) is 0 Å². The summed E-state index contributed by atoms with van der Waals surface area (Å²) in [6.45, 7) is 4.61. The van der Waals surface area contributed by atoms with Crippen molar-refractivity contribution in [2.24, 2.45) is 0 Å². The van der Waals surface area contributed by atoms with E-state index in [0.29, 0.717) is 12.1 Å². The number of benzene rings is 2. The van der Waals surface area contributed by atoms with Gasteiger partial charge in [-0.3, -0.25) is 0 Å². The first-order valence-corrected chi connectivity index (χ1v) is 6.03. The van der Waals surface area contributed by atoms with Crippen molar-refractivity contribution in [2.75, 3.05) is 4.90 Å². The van der Waals surface area contributed by atoms with Crippen LogP contribution in [0.1, 0.15) is 20.3 Å². The molecule has 0 bridgehead atoms. The predicted molar refractivity (Wildman–Crippen MR) is 70.0 cm³/mol. The summed E-state index contributed by atoms with van der Waals surface area (Å²) in [5.41, 5.74) is 1.39. The van der Waals surface area contributed by atoms with Gasteiger partial charge in [0.05, 0.1) is 0 Å². The number of rotatable bonds is 1. The van der Waals surface area contributed by atoms with Crippen molar-refractivity contribution in [3.05, 3.63) is 42.5 Å². The summed E-state index contributed by atoms with van der Waals surface area (Å²) in [5.74, 6) is 0. The van der Waals surface area contributed by atoms with E-state index in [9.17, 15) is 0 Å². The molecule has 82 valence electrons. The molecule has 0 N–H and O–H groups in total. The lowest BCUT2D eigenvalue weighted by atomic mass is 9.93. The second-order valence-corrected chi connectivity index (χ2v) is 4.84. The van der Waals surface area contributed by atoms with Crippen LogP contribution in [0.2, 0.25) is 0 Å². The van der Waals surface area contributed by atoms with Gasteiger partial charge in [-0.2, -0.15) is 0 Å². The fourth-order valence-corrected chi connectivity index (χ4v) is 2.93. The molecule has 1 saturated heterocycles. The lowest BCUT2D eigenvalue weighted by Crippen LogP contribution is -2.53. The normalized spacial score (nSPS) is 24.5. The molecule has 2 aromatic rings. The second-order valence-electron chi connectivity index (χ2n) is 4.84. The van der Waals surface area contributed by atoms with Crippen LogP contribution >= 0.6 is 0 Å². The zero-order valence-corrected chi connectivity index (χ0v) is 9.85. The number of nitrogens with zero attached hydrogens (tertiary/aromatic N) is 1. The first-order valence-electron chi connectivity index (χ1n) is 6.03. The molecule has 0 spiro atoms. The van der Waals surface area contributed by atoms with Crippen molar-refractivity contribution in [1.29, 1.82) is 0 Å². The fraction of sp³-hybridized carbons (Fsp3) is 0.333. The Bertz CT molecular complexity index is 504. The average Bonchev–Trinajstić information content (AvgIpc) is 2.29. The Labute approximate surface area is 96.7 Å². The minimum atomic E-state index is 0.681. The molecule has 3 rings (SSSR count). The minimum Gasteiger partial charge on any atom is -0.365 e. The third kappa shape index (κ3) is 1.31. The summed E-state index contributed by atoms with van der Waals surface area (Å²) in [5, 5.41) is 2.72. The van der Waals surface area contributed by atoms with Crippen LogP contribution in [-0.4, -0.2) is 12.1 Å². The summed E-state index contributed by atoms with van der Waals surface area (Å²) in [7, 11) is 0. The monoisotopic (exact) mass is 211 g/mol. The van der Waals surface area contributed by atoms with Crippen molar-refractivity contribution in [2.45, 2.75) is 32.4 Å². The summed E-state index contributed by atoms with van der Waals surface area (Å²) in [4.78, 5) is 2.53. The Balaban J connectivity index is 2.16. The van der Waals surface area contributed by atoms with Gasteiger partial charge in [-0.15, -0.1) is 0 Å². The first kappa shape index (κ1) is 9.71. The van der Waals surface area contributed by atoms with E-state index in [0.717, 1.165) is 0 Å². The number of hydrogen-bond donors (Lipinski definition) is 0. The molecule has 0 radical (unpaired) electrons. The van der Waals surface area contributed by atoms with Crippen LogP contribution in [0.15, 0.2) is 42.5 Å². The fourth-order valence-electron chi connectivity index (χ4n) is 2.93. The minimum absolute atomic E-state index is 0.681. The molecule has 1 heterocycles. The van der Waals surface area contributed by atoms with Crippen molar-refractivity contribution >= 4 is 16.5 Å². The second kappa shape index (κ2) is 3.51. The molecule has 16 heavy (non-hydrogen) atoms. The van der Waals surface area contributed by atoms with Gasteiger partial charge in [0, 0.05) is 23.2 Å². The van der Waals surface area contributed by atoms with Gasteiger partial charge in [-0.05, 0) is 31.7 Å². The van der Waals surface area contributed by atoms with Gasteiger partial charge in [0.1, 0.15) is 0 Å². The van der Waals surface area contributed by atoms with Gasteiger partial charge >= 0.3 is 0 Å². The maximum atomic E-state index is 2.53. The van der Waals surface area contributed by atoms with Crippen molar-refractivity contribution in [1.82, 2.24) is 0 Å². The Morgan fingerprint density at radius 1 is 0.938 bits per heavy atom. The third-order valence-electron chi connectivity index (χ3n) is 3.68. The zero-order chi connectivity index (χ0) is 11.1. The highest BCUT2D eigenvalue weighted by Gasteiger charge is 2.32. The number of fused-ring (bicyclic) bond motifs is 1. The lowest BCUT2D eigenvalue weighted by molar-refractivity contribution is 0.381. The highest BCUT2D eigenvalue weighted by atomic mass is 15.2. The Kier molecular flexibility index (Phi) is 2.13. The topological polar surface area (TPSA) is 3.24 Å². The molecule has 0 aliphatic carbocycles. The summed E-state index contributed by atoms with van der Waals surface area (Å²) >= 11 is 0. The van der Waals surface area contributed by atoms with Crippen LogP contribution in [0.3, 0.4) is 0 Å². The van der Waals surface area contributed by atoms with E-state index in [-0.39, 0.29) is 0 Å².